The number of carbonyl (C=O) groups excluding carboxylic acids is 1. The zero-order valence-corrected chi connectivity index (χ0v) is 9.97. The van der Waals surface area contributed by atoms with Gasteiger partial charge in [0.2, 0.25) is 0 Å². The fraction of sp³-hybridized carbons (Fsp3) is 0.154. The number of halogens is 1. The Morgan fingerprint density at radius 3 is 2.82 bits per heavy atom. The van der Waals surface area contributed by atoms with Crippen LogP contribution in [0.3, 0.4) is 0 Å². The van der Waals surface area contributed by atoms with Crippen LogP contribution in [0.1, 0.15) is 21.7 Å². The highest BCUT2D eigenvalue weighted by molar-refractivity contribution is 7.09. The molecule has 0 unspecified atom stereocenters. The molecule has 0 atom stereocenters. The Morgan fingerprint density at radius 2 is 2.18 bits per heavy atom. The SMILES string of the molecule is Nc1ccc(C(=O)CCc2cccs2)cc1F. The highest BCUT2D eigenvalue weighted by atomic mass is 32.1. The zero-order valence-electron chi connectivity index (χ0n) is 9.15. The van der Waals surface area contributed by atoms with Gasteiger partial charge in [-0.15, -0.1) is 11.3 Å². The van der Waals surface area contributed by atoms with Crippen LogP contribution in [-0.2, 0) is 6.42 Å². The second kappa shape index (κ2) is 5.10. The van der Waals surface area contributed by atoms with E-state index in [1.54, 1.807) is 17.4 Å². The number of thiophene rings is 1. The molecule has 0 fully saturated rings. The van der Waals surface area contributed by atoms with Crippen LogP contribution in [0.5, 0.6) is 0 Å². The van der Waals surface area contributed by atoms with Gasteiger partial charge in [0.05, 0.1) is 5.69 Å². The molecule has 2 nitrogen and oxygen atoms in total. The Bertz CT molecular complexity index is 522. The van der Waals surface area contributed by atoms with Crippen LogP contribution in [0, 0.1) is 5.82 Å². The molecule has 1 aromatic heterocycles. The topological polar surface area (TPSA) is 43.1 Å². The first-order chi connectivity index (χ1) is 8.16. The Morgan fingerprint density at radius 1 is 1.35 bits per heavy atom. The molecule has 0 saturated heterocycles. The molecule has 17 heavy (non-hydrogen) atoms. The second-order valence-electron chi connectivity index (χ2n) is 3.74. The molecule has 1 aromatic carbocycles. The third-order valence-electron chi connectivity index (χ3n) is 2.50. The van der Waals surface area contributed by atoms with E-state index in [2.05, 4.69) is 0 Å². The van der Waals surface area contributed by atoms with Crippen molar-refractivity contribution in [2.45, 2.75) is 12.8 Å². The number of carbonyl (C=O) groups is 1. The maximum absolute atomic E-state index is 13.2. The molecule has 0 aliphatic carbocycles. The number of nitrogens with two attached hydrogens (primary N) is 1. The minimum atomic E-state index is -0.535. The van der Waals surface area contributed by atoms with Crippen molar-refractivity contribution in [3.8, 4) is 0 Å². The molecule has 2 N–H and O–H groups in total. The smallest absolute Gasteiger partial charge is 0.163 e. The minimum absolute atomic E-state index is 0.0581. The molecule has 0 radical (unpaired) electrons. The number of benzene rings is 1. The number of hydrogen-bond donors (Lipinski definition) is 1. The largest absolute Gasteiger partial charge is 0.396 e. The minimum Gasteiger partial charge on any atom is -0.396 e. The van der Waals surface area contributed by atoms with Crippen molar-refractivity contribution in [1.82, 2.24) is 0 Å². The van der Waals surface area contributed by atoms with E-state index >= 15 is 0 Å². The number of rotatable bonds is 4. The first kappa shape index (κ1) is 11.8. The zero-order chi connectivity index (χ0) is 12.3. The summed E-state index contributed by atoms with van der Waals surface area (Å²) in [6, 6.07) is 8.13. The predicted octanol–water partition coefficient (Wildman–Crippen LogP) is 3.28. The number of Topliss-reactive ketones (excluding diaryl/α,β-unsaturated/α-hetero) is 1. The van der Waals surface area contributed by atoms with E-state index in [0.717, 1.165) is 4.88 Å². The van der Waals surface area contributed by atoms with Crippen molar-refractivity contribution in [2.24, 2.45) is 0 Å². The van der Waals surface area contributed by atoms with Crippen LogP contribution in [0.4, 0.5) is 10.1 Å². The number of nitrogen functional groups attached to an aromatic ring is 1. The van der Waals surface area contributed by atoms with Gasteiger partial charge in [-0.05, 0) is 36.1 Å². The van der Waals surface area contributed by atoms with E-state index < -0.39 is 5.82 Å². The molecular formula is C13H12FNOS. The van der Waals surface area contributed by atoms with Crippen molar-refractivity contribution in [3.63, 3.8) is 0 Å². The van der Waals surface area contributed by atoms with E-state index in [4.69, 9.17) is 5.73 Å². The molecule has 1 heterocycles. The van der Waals surface area contributed by atoms with E-state index in [1.807, 2.05) is 17.5 Å². The quantitative estimate of drug-likeness (QED) is 0.667. The summed E-state index contributed by atoms with van der Waals surface area (Å²) in [5, 5.41) is 1.97. The van der Waals surface area contributed by atoms with Gasteiger partial charge in [0.15, 0.2) is 5.78 Å². The molecule has 2 rings (SSSR count). The summed E-state index contributed by atoms with van der Waals surface area (Å²) in [4.78, 5) is 13.0. The van der Waals surface area contributed by atoms with Gasteiger partial charge in [-0.3, -0.25) is 4.79 Å². The maximum Gasteiger partial charge on any atom is 0.163 e. The third-order valence-corrected chi connectivity index (χ3v) is 3.44. The highest BCUT2D eigenvalue weighted by Crippen LogP contribution is 2.16. The molecule has 0 saturated carbocycles. The van der Waals surface area contributed by atoms with Gasteiger partial charge in [-0.25, -0.2) is 4.39 Å². The average Bonchev–Trinajstić information content (AvgIpc) is 2.82. The predicted molar refractivity (Wildman–Crippen MR) is 67.8 cm³/mol. The first-order valence-corrected chi connectivity index (χ1v) is 6.15. The van der Waals surface area contributed by atoms with Crippen LogP contribution in [0.2, 0.25) is 0 Å². The maximum atomic E-state index is 13.2. The Hall–Kier alpha value is -1.68. The Labute approximate surface area is 103 Å². The van der Waals surface area contributed by atoms with E-state index in [-0.39, 0.29) is 11.5 Å². The molecule has 0 aliphatic rings. The second-order valence-corrected chi connectivity index (χ2v) is 4.77. The summed E-state index contributed by atoms with van der Waals surface area (Å²) in [7, 11) is 0. The molecule has 2 aromatic rings. The van der Waals surface area contributed by atoms with Gasteiger partial charge in [0.1, 0.15) is 5.82 Å². The van der Waals surface area contributed by atoms with Gasteiger partial charge in [0.25, 0.3) is 0 Å². The van der Waals surface area contributed by atoms with Gasteiger partial charge < -0.3 is 5.73 Å². The van der Waals surface area contributed by atoms with Crippen molar-refractivity contribution in [1.29, 1.82) is 0 Å². The number of ketones is 1. The van der Waals surface area contributed by atoms with Crippen LogP contribution in [-0.4, -0.2) is 5.78 Å². The standard InChI is InChI=1S/C13H12FNOS/c14-11-8-9(3-5-12(11)15)13(16)6-4-10-2-1-7-17-10/h1-3,5,7-8H,4,6,15H2. The lowest BCUT2D eigenvalue weighted by atomic mass is 10.1. The molecule has 0 spiro atoms. The van der Waals surface area contributed by atoms with Crippen LogP contribution < -0.4 is 5.73 Å². The molecule has 88 valence electrons. The summed E-state index contributed by atoms with van der Waals surface area (Å²) >= 11 is 1.62. The monoisotopic (exact) mass is 249 g/mol. The summed E-state index contributed by atoms with van der Waals surface area (Å²) < 4.78 is 13.2. The Kier molecular flexibility index (Phi) is 3.54. The lowest BCUT2D eigenvalue weighted by molar-refractivity contribution is 0.0982. The van der Waals surface area contributed by atoms with Crippen LogP contribution in [0.15, 0.2) is 35.7 Å². The molecule has 4 heteroatoms. The van der Waals surface area contributed by atoms with Crippen LogP contribution in [0.25, 0.3) is 0 Å². The number of aryl methyl sites for hydroxylation is 1. The summed E-state index contributed by atoms with van der Waals surface area (Å²) in [5.41, 5.74) is 5.81. The van der Waals surface area contributed by atoms with Crippen molar-refractivity contribution < 1.29 is 9.18 Å². The van der Waals surface area contributed by atoms with Gasteiger partial charge in [0, 0.05) is 16.9 Å². The Balaban J connectivity index is 2.02. The van der Waals surface area contributed by atoms with E-state index in [1.165, 1.54) is 12.1 Å². The third kappa shape index (κ3) is 2.91. The lowest BCUT2D eigenvalue weighted by Crippen LogP contribution is -2.02. The molecule has 0 aliphatic heterocycles. The average molecular weight is 249 g/mol. The molecule has 0 amide bonds. The highest BCUT2D eigenvalue weighted by Gasteiger charge is 2.09. The number of hydrogen-bond acceptors (Lipinski definition) is 3. The van der Waals surface area contributed by atoms with Gasteiger partial charge >= 0.3 is 0 Å². The van der Waals surface area contributed by atoms with E-state index in [0.29, 0.717) is 18.4 Å². The van der Waals surface area contributed by atoms with Crippen LogP contribution >= 0.6 is 11.3 Å². The van der Waals surface area contributed by atoms with Crippen molar-refractivity contribution >= 4 is 22.8 Å². The van der Waals surface area contributed by atoms with Crippen molar-refractivity contribution in [2.75, 3.05) is 5.73 Å². The summed E-state index contributed by atoms with van der Waals surface area (Å²) in [5.74, 6) is -0.593. The summed E-state index contributed by atoms with van der Waals surface area (Å²) in [6.45, 7) is 0. The summed E-state index contributed by atoms with van der Waals surface area (Å²) in [6.07, 6.45) is 1.09. The van der Waals surface area contributed by atoms with E-state index in [9.17, 15) is 9.18 Å². The normalized spacial score (nSPS) is 10.4. The molecule has 0 bridgehead atoms. The molecular weight excluding hydrogens is 237 g/mol. The first-order valence-electron chi connectivity index (χ1n) is 5.27. The fourth-order valence-electron chi connectivity index (χ4n) is 1.54. The number of anilines is 1. The van der Waals surface area contributed by atoms with Gasteiger partial charge in [-0.2, -0.15) is 0 Å². The lowest BCUT2D eigenvalue weighted by Gasteiger charge is -2.02. The van der Waals surface area contributed by atoms with Gasteiger partial charge in [-0.1, -0.05) is 6.07 Å². The van der Waals surface area contributed by atoms with Crippen molar-refractivity contribution in [3.05, 3.63) is 52.0 Å². The fourth-order valence-corrected chi connectivity index (χ4v) is 2.25.